The number of para-hydroxylation sites is 1. The van der Waals surface area contributed by atoms with E-state index in [0.717, 1.165) is 80.3 Å². The minimum atomic E-state index is -0.350. The number of aryl methyl sites for hydroxylation is 1. The zero-order valence-corrected chi connectivity index (χ0v) is 30.6. The van der Waals surface area contributed by atoms with Gasteiger partial charge in [-0.1, -0.05) is 12.1 Å². The third-order valence-electron chi connectivity index (χ3n) is 11.7. The van der Waals surface area contributed by atoms with Gasteiger partial charge in [-0.25, -0.2) is 9.78 Å². The summed E-state index contributed by atoms with van der Waals surface area (Å²) in [7, 11) is 3.62. The second kappa shape index (κ2) is 13.9. The third-order valence-corrected chi connectivity index (χ3v) is 11.7. The van der Waals surface area contributed by atoms with Crippen molar-refractivity contribution >= 4 is 56.8 Å². The van der Waals surface area contributed by atoms with Crippen molar-refractivity contribution in [1.29, 1.82) is 0 Å². The molecule has 0 unspecified atom stereocenters. The van der Waals surface area contributed by atoms with Gasteiger partial charge >= 0.3 is 6.03 Å². The lowest BCUT2D eigenvalue weighted by atomic mass is 9.84. The van der Waals surface area contributed by atoms with Gasteiger partial charge in [-0.15, -0.1) is 0 Å². The zero-order valence-electron chi connectivity index (χ0n) is 30.6. The van der Waals surface area contributed by atoms with E-state index in [4.69, 9.17) is 9.84 Å². The van der Waals surface area contributed by atoms with Crippen LogP contribution in [0.3, 0.4) is 0 Å². The number of carbonyl (C=O) groups excluding carboxylic acids is 3. The summed E-state index contributed by atoms with van der Waals surface area (Å²) >= 11 is 0. The highest BCUT2D eigenvalue weighted by Crippen LogP contribution is 2.39. The number of hydrogen-bond acceptors (Lipinski definition) is 8. The van der Waals surface area contributed by atoms with E-state index in [1.54, 1.807) is 35.0 Å². The Morgan fingerprint density at radius 2 is 1.83 bits per heavy atom. The summed E-state index contributed by atoms with van der Waals surface area (Å²) in [5, 5.41) is 16.7. The average molecular weight is 729 g/mol. The Labute approximate surface area is 312 Å². The summed E-state index contributed by atoms with van der Waals surface area (Å²) in [6.45, 7) is 3.67. The molecule has 9 rings (SSSR count). The number of hydrogen-bond donors (Lipinski definition) is 2. The summed E-state index contributed by atoms with van der Waals surface area (Å²) in [6, 6.07) is 13.5. The first-order chi connectivity index (χ1) is 26.3. The van der Waals surface area contributed by atoms with Crippen molar-refractivity contribution < 1.29 is 19.1 Å². The maximum absolute atomic E-state index is 13.4. The van der Waals surface area contributed by atoms with Crippen molar-refractivity contribution in [1.82, 2.24) is 39.2 Å². The Bertz CT molecular complexity index is 2400. The van der Waals surface area contributed by atoms with Gasteiger partial charge in [0, 0.05) is 62.0 Å². The number of imidazole rings is 1. The number of nitrogens with one attached hydrogen (secondary N) is 2. The molecule has 6 aromatic rings. The van der Waals surface area contributed by atoms with Gasteiger partial charge in [0.1, 0.15) is 5.75 Å². The number of carbonyl (C=O) groups is 3. The highest BCUT2D eigenvalue weighted by atomic mass is 16.5. The number of imide groups is 1. The first-order valence-corrected chi connectivity index (χ1v) is 18.9. The van der Waals surface area contributed by atoms with E-state index in [1.165, 1.54) is 10.9 Å². The van der Waals surface area contributed by atoms with Crippen molar-refractivity contribution in [2.45, 2.75) is 56.9 Å². The number of amides is 4. The Balaban J connectivity index is 0.811. The van der Waals surface area contributed by atoms with Crippen molar-refractivity contribution in [2.75, 3.05) is 43.5 Å². The van der Waals surface area contributed by atoms with Gasteiger partial charge in [0.15, 0.2) is 11.5 Å². The van der Waals surface area contributed by atoms with Crippen molar-refractivity contribution in [3.05, 3.63) is 78.4 Å². The predicted molar refractivity (Wildman–Crippen MR) is 205 cm³/mol. The molecule has 4 amide bonds. The lowest BCUT2D eigenvalue weighted by molar-refractivity contribution is -0.120. The SMILES string of the molecule is COc1cc2nn(C3CCC(CN4CCC(c5cn(C)c6c(N7CCC(=O)NC7=O)cccc56)CC4)CC3)cc2cc1C(=O)Nc1cnc2cccnn12. The van der Waals surface area contributed by atoms with E-state index in [1.807, 2.05) is 30.3 Å². The van der Waals surface area contributed by atoms with Gasteiger partial charge in [0.2, 0.25) is 5.91 Å². The van der Waals surface area contributed by atoms with Gasteiger partial charge in [-0.3, -0.25) is 24.5 Å². The van der Waals surface area contributed by atoms with Gasteiger partial charge in [-0.05, 0) is 93.3 Å². The van der Waals surface area contributed by atoms with Crippen LogP contribution in [0.1, 0.15) is 72.8 Å². The standard InChI is InChI=1S/C40H44N10O4/c1-46-24-31(29-5-3-6-33(38(29)46)48-18-14-37(51)44-40(48)53)26-12-16-47(17-13-26)22-25-8-10-28(11-9-25)49-23-27-19-30(34(54-2)20-32(27)45-49)39(52)43-36-21-41-35-7-4-15-42-50(35)36/h3-7,15,19-21,23-26,28H,8-14,16-18,22H2,1-2H3,(H,43,52)(H,44,51,53). The number of anilines is 2. The summed E-state index contributed by atoms with van der Waals surface area (Å²) < 4.78 is 11.5. The van der Waals surface area contributed by atoms with Crippen LogP contribution in [0.2, 0.25) is 0 Å². The highest BCUT2D eigenvalue weighted by Gasteiger charge is 2.31. The second-order valence-electron chi connectivity index (χ2n) is 15.0. The summed E-state index contributed by atoms with van der Waals surface area (Å²) in [4.78, 5) is 46.5. The molecule has 278 valence electrons. The fourth-order valence-electron chi connectivity index (χ4n) is 8.90. The van der Waals surface area contributed by atoms with Gasteiger partial charge in [0.25, 0.3) is 5.91 Å². The third kappa shape index (κ3) is 6.23. The molecule has 2 N–H and O–H groups in total. The Morgan fingerprint density at radius 1 is 1.00 bits per heavy atom. The molecule has 2 aromatic carbocycles. The molecule has 14 nitrogen and oxygen atoms in total. The summed E-state index contributed by atoms with van der Waals surface area (Å²) in [6.07, 6.45) is 14.5. The average Bonchev–Trinajstić information content (AvgIpc) is 3.90. The van der Waals surface area contributed by atoms with Crippen LogP contribution < -0.4 is 20.3 Å². The predicted octanol–water partition coefficient (Wildman–Crippen LogP) is 5.89. The molecule has 54 heavy (non-hydrogen) atoms. The van der Waals surface area contributed by atoms with E-state index in [2.05, 4.69) is 60.4 Å². The molecular weight excluding hydrogens is 685 g/mol. The first kappa shape index (κ1) is 34.0. The smallest absolute Gasteiger partial charge is 0.328 e. The number of urea groups is 1. The number of piperidine rings is 1. The van der Waals surface area contributed by atoms with Crippen LogP contribution in [-0.4, -0.2) is 85.0 Å². The van der Waals surface area contributed by atoms with Crippen molar-refractivity contribution in [2.24, 2.45) is 13.0 Å². The molecular formula is C40H44N10O4. The number of nitrogens with zero attached hydrogens (tertiary/aromatic N) is 8. The molecule has 0 atom stereocenters. The second-order valence-corrected chi connectivity index (χ2v) is 15.0. The molecule has 2 saturated heterocycles. The number of likely N-dealkylation sites (tertiary alicyclic amines) is 1. The molecule has 2 aliphatic heterocycles. The first-order valence-electron chi connectivity index (χ1n) is 18.9. The Kier molecular flexibility index (Phi) is 8.76. The fraction of sp³-hybridized carbons (Fsp3) is 0.400. The van der Waals surface area contributed by atoms with Gasteiger partial charge < -0.3 is 19.5 Å². The number of benzene rings is 2. The largest absolute Gasteiger partial charge is 0.496 e. The molecule has 3 aliphatic rings. The van der Waals surface area contributed by atoms with Crippen molar-refractivity contribution in [3.63, 3.8) is 0 Å². The van der Waals surface area contributed by atoms with Crippen LogP contribution in [0.15, 0.2) is 67.3 Å². The Morgan fingerprint density at radius 3 is 2.63 bits per heavy atom. The lowest BCUT2D eigenvalue weighted by Crippen LogP contribution is -2.49. The normalized spacial score (nSPS) is 20.2. The molecule has 1 saturated carbocycles. The highest BCUT2D eigenvalue weighted by molar-refractivity contribution is 6.10. The fourth-order valence-corrected chi connectivity index (χ4v) is 8.90. The number of ether oxygens (including phenoxy) is 1. The molecule has 6 heterocycles. The van der Waals surface area contributed by atoms with E-state index < -0.39 is 0 Å². The van der Waals surface area contributed by atoms with E-state index >= 15 is 0 Å². The maximum Gasteiger partial charge on any atom is 0.328 e. The molecule has 14 heteroatoms. The molecule has 4 aromatic heterocycles. The maximum atomic E-state index is 13.4. The number of aromatic nitrogens is 6. The van der Waals surface area contributed by atoms with E-state index in [9.17, 15) is 14.4 Å². The zero-order chi connectivity index (χ0) is 36.9. The van der Waals surface area contributed by atoms with Gasteiger partial charge in [0.05, 0.1) is 41.6 Å². The number of rotatable bonds is 8. The summed E-state index contributed by atoms with van der Waals surface area (Å²) in [5.74, 6) is 1.56. The van der Waals surface area contributed by atoms with E-state index in [-0.39, 0.29) is 17.8 Å². The van der Waals surface area contributed by atoms with Crippen LogP contribution in [0.5, 0.6) is 5.75 Å². The summed E-state index contributed by atoms with van der Waals surface area (Å²) in [5.41, 5.74) is 5.14. The monoisotopic (exact) mass is 728 g/mol. The quantitative estimate of drug-likeness (QED) is 0.198. The lowest BCUT2D eigenvalue weighted by Gasteiger charge is -2.36. The van der Waals surface area contributed by atoms with Gasteiger partial charge in [-0.2, -0.15) is 14.7 Å². The van der Waals surface area contributed by atoms with Crippen LogP contribution in [0.25, 0.3) is 27.5 Å². The number of fused-ring (bicyclic) bond motifs is 3. The topological polar surface area (TPSA) is 144 Å². The Hall–Kier alpha value is -5.76. The van der Waals surface area contributed by atoms with E-state index in [0.29, 0.717) is 53.6 Å². The minimum absolute atomic E-state index is 0.221. The van der Waals surface area contributed by atoms with Crippen LogP contribution in [-0.2, 0) is 11.8 Å². The molecule has 1 aliphatic carbocycles. The molecule has 0 radical (unpaired) electrons. The molecule has 3 fully saturated rings. The van der Waals surface area contributed by atoms with Crippen LogP contribution >= 0.6 is 0 Å². The van der Waals surface area contributed by atoms with Crippen molar-refractivity contribution in [3.8, 4) is 5.75 Å². The molecule has 0 spiro atoms. The minimum Gasteiger partial charge on any atom is -0.496 e. The number of methoxy groups -OCH3 is 1. The molecule has 0 bridgehead atoms. The van der Waals surface area contributed by atoms with Crippen LogP contribution in [0.4, 0.5) is 16.3 Å². The van der Waals surface area contributed by atoms with Crippen LogP contribution in [0, 0.1) is 5.92 Å².